The van der Waals surface area contributed by atoms with Crippen LogP contribution in [0.1, 0.15) is 60.9 Å². The van der Waals surface area contributed by atoms with Crippen molar-refractivity contribution in [2.45, 2.75) is 81.3 Å². The molecule has 1 spiro atoms. The molecule has 1 aliphatic carbocycles. The van der Waals surface area contributed by atoms with Crippen molar-refractivity contribution in [1.82, 2.24) is 20.2 Å². The molecule has 206 valence electrons. The topological polar surface area (TPSA) is 86.5 Å². The molecule has 10 heteroatoms. The molecule has 1 aromatic carbocycles. The lowest BCUT2D eigenvalue weighted by atomic mass is 9.87. The largest absolute Gasteiger partial charge is 0.461 e. The minimum absolute atomic E-state index is 0.0735. The number of aromatic nitrogens is 2. The lowest BCUT2D eigenvalue weighted by Crippen LogP contribution is -2.46. The van der Waals surface area contributed by atoms with Gasteiger partial charge in [0.05, 0.1) is 29.5 Å². The molecule has 5 aliphatic rings. The summed E-state index contributed by atoms with van der Waals surface area (Å²) < 4.78 is 27.4. The Kier molecular flexibility index (Phi) is 6.33. The van der Waals surface area contributed by atoms with Crippen molar-refractivity contribution in [1.29, 1.82) is 5.26 Å². The Morgan fingerprint density at radius 2 is 2.13 bits per heavy atom. The Labute approximate surface area is 233 Å². The first kappa shape index (κ1) is 25.3. The van der Waals surface area contributed by atoms with Gasteiger partial charge in [0.1, 0.15) is 18.6 Å². The van der Waals surface area contributed by atoms with E-state index in [1.165, 1.54) is 0 Å². The van der Waals surface area contributed by atoms with Crippen LogP contribution in [0.2, 0.25) is 5.02 Å². The van der Waals surface area contributed by atoms with Gasteiger partial charge in [-0.05, 0) is 62.3 Å². The molecule has 0 radical (unpaired) electrons. The number of nitrogens with one attached hydrogen (secondary N) is 1. The van der Waals surface area contributed by atoms with Gasteiger partial charge in [0.25, 0.3) is 0 Å². The Bertz CT molecular complexity index is 1320. The van der Waals surface area contributed by atoms with Crippen molar-refractivity contribution in [3.8, 4) is 12.2 Å². The maximum absolute atomic E-state index is 14.4. The van der Waals surface area contributed by atoms with Crippen molar-refractivity contribution >= 4 is 17.4 Å². The summed E-state index contributed by atoms with van der Waals surface area (Å²) >= 11 is 6.55. The summed E-state index contributed by atoms with van der Waals surface area (Å²) in [5.74, 6) is 0.828. The van der Waals surface area contributed by atoms with Crippen LogP contribution < -0.4 is 15.0 Å². The van der Waals surface area contributed by atoms with Crippen molar-refractivity contribution in [2.24, 2.45) is 0 Å². The van der Waals surface area contributed by atoms with Crippen LogP contribution in [0.5, 0.6) is 6.01 Å². The Morgan fingerprint density at radius 1 is 1.21 bits per heavy atom. The number of hydrogen-bond acceptors (Lipinski definition) is 8. The van der Waals surface area contributed by atoms with Crippen LogP contribution >= 0.6 is 11.6 Å². The second-order valence-electron chi connectivity index (χ2n) is 11.9. The molecule has 4 atom stereocenters. The van der Waals surface area contributed by atoms with Gasteiger partial charge >= 0.3 is 6.01 Å². The van der Waals surface area contributed by atoms with Gasteiger partial charge in [-0.15, -0.1) is 0 Å². The van der Waals surface area contributed by atoms with E-state index in [9.17, 15) is 9.65 Å². The van der Waals surface area contributed by atoms with E-state index in [0.717, 1.165) is 84.8 Å². The summed E-state index contributed by atoms with van der Waals surface area (Å²) in [5.41, 5.74) is 3.53. The highest BCUT2D eigenvalue weighted by atomic mass is 35.5. The van der Waals surface area contributed by atoms with Crippen LogP contribution in [0.3, 0.4) is 0 Å². The van der Waals surface area contributed by atoms with E-state index in [4.69, 9.17) is 31.0 Å². The molecule has 3 unspecified atom stereocenters. The van der Waals surface area contributed by atoms with Crippen molar-refractivity contribution in [3.05, 3.63) is 45.6 Å². The molecule has 0 bridgehead atoms. The molecular formula is C29H34ClFN6O2. The number of nitrogens with zero attached hydrogens (tertiary/aromatic N) is 5. The van der Waals surface area contributed by atoms with Crippen LogP contribution in [0.25, 0.3) is 0 Å². The predicted molar refractivity (Wildman–Crippen MR) is 145 cm³/mol. The fraction of sp³-hybridized carbons (Fsp3) is 0.621. The number of anilines is 1. The third kappa shape index (κ3) is 4.32. The first-order valence-electron chi connectivity index (χ1n) is 14.2. The second-order valence-corrected chi connectivity index (χ2v) is 12.3. The SMILES string of the molecule is N#CNC1CCCN(c2nc(OC[C@@]34CCCN3CC(F)C4)nc3c2COC2(CCc4c(Cl)cccc42)C3)C1. The number of piperidine rings is 1. The molecular weight excluding hydrogens is 519 g/mol. The van der Waals surface area contributed by atoms with Crippen molar-refractivity contribution < 1.29 is 13.9 Å². The van der Waals surface area contributed by atoms with Gasteiger partial charge in [-0.3, -0.25) is 4.90 Å². The van der Waals surface area contributed by atoms with Gasteiger partial charge in [-0.2, -0.15) is 15.2 Å². The van der Waals surface area contributed by atoms with E-state index in [1.54, 1.807) is 0 Å². The zero-order valence-corrected chi connectivity index (χ0v) is 22.9. The van der Waals surface area contributed by atoms with E-state index in [2.05, 4.69) is 27.4 Å². The molecule has 8 nitrogen and oxygen atoms in total. The highest BCUT2D eigenvalue weighted by Gasteiger charge is 2.50. The average Bonchev–Trinajstić information content (AvgIpc) is 3.58. The van der Waals surface area contributed by atoms with Crippen molar-refractivity contribution in [3.63, 3.8) is 0 Å². The lowest BCUT2D eigenvalue weighted by molar-refractivity contribution is -0.0730. The van der Waals surface area contributed by atoms with Crippen molar-refractivity contribution in [2.75, 3.05) is 37.7 Å². The number of ether oxygens (including phenoxy) is 2. The molecule has 1 aromatic heterocycles. The van der Waals surface area contributed by atoms with Gasteiger partial charge in [-0.25, -0.2) is 4.39 Å². The third-order valence-corrected chi connectivity index (χ3v) is 9.96. The molecule has 4 aliphatic heterocycles. The van der Waals surface area contributed by atoms with Gasteiger partial charge in [0.2, 0.25) is 0 Å². The molecule has 2 aromatic rings. The maximum atomic E-state index is 14.4. The number of alkyl halides is 1. The van der Waals surface area contributed by atoms with Gasteiger partial charge in [0, 0.05) is 43.1 Å². The molecule has 3 fully saturated rings. The minimum Gasteiger partial charge on any atom is -0.461 e. The summed E-state index contributed by atoms with van der Waals surface area (Å²) in [6.45, 7) is 3.74. The first-order valence-corrected chi connectivity index (χ1v) is 14.6. The zero-order chi connectivity index (χ0) is 26.6. The summed E-state index contributed by atoms with van der Waals surface area (Å²) in [5, 5.41) is 12.9. The van der Waals surface area contributed by atoms with E-state index in [-0.39, 0.29) is 11.6 Å². The number of hydrogen-bond donors (Lipinski definition) is 1. The third-order valence-electron chi connectivity index (χ3n) is 9.61. The van der Waals surface area contributed by atoms with Gasteiger partial charge < -0.3 is 19.7 Å². The van der Waals surface area contributed by atoms with Crippen LogP contribution in [-0.4, -0.2) is 65.4 Å². The Balaban J connectivity index is 1.23. The fourth-order valence-electron chi connectivity index (χ4n) is 7.71. The number of halogens is 2. The normalized spacial score (nSPS) is 31.6. The fourth-order valence-corrected chi connectivity index (χ4v) is 7.98. The quantitative estimate of drug-likeness (QED) is 0.439. The van der Waals surface area contributed by atoms with E-state index in [0.29, 0.717) is 45.2 Å². The second kappa shape index (κ2) is 9.76. The summed E-state index contributed by atoms with van der Waals surface area (Å²) in [6.07, 6.45) is 8.06. The summed E-state index contributed by atoms with van der Waals surface area (Å²) in [7, 11) is 0. The van der Waals surface area contributed by atoms with Crippen LogP contribution in [0.4, 0.5) is 10.2 Å². The molecule has 0 saturated carbocycles. The van der Waals surface area contributed by atoms with E-state index >= 15 is 0 Å². The summed E-state index contributed by atoms with van der Waals surface area (Å²) in [4.78, 5) is 14.4. The highest BCUT2D eigenvalue weighted by molar-refractivity contribution is 6.31. The Morgan fingerprint density at radius 3 is 3.03 bits per heavy atom. The lowest BCUT2D eigenvalue weighted by Gasteiger charge is -2.39. The maximum Gasteiger partial charge on any atom is 0.318 e. The minimum atomic E-state index is -0.807. The molecule has 7 rings (SSSR count). The van der Waals surface area contributed by atoms with Gasteiger partial charge in [0.15, 0.2) is 6.19 Å². The zero-order valence-electron chi connectivity index (χ0n) is 22.1. The monoisotopic (exact) mass is 552 g/mol. The summed E-state index contributed by atoms with van der Waals surface area (Å²) in [6, 6.07) is 6.49. The van der Waals surface area contributed by atoms with E-state index in [1.807, 2.05) is 12.1 Å². The molecule has 5 heterocycles. The number of benzene rings is 1. The van der Waals surface area contributed by atoms with Crippen LogP contribution in [-0.2, 0) is 29.8 Å². The smallest absolute Gasteiger partial charge is 0.318 e. The molecule has 1 N–H and O–H groups in total. The molecule has 3 saturated heterocycles. The van der Waals surface area contributed by atoms with Crippen LogP contribution in [0.15, 0.2) is 18.2 Å². The standard InChI is InChI=1S/C29H34ClFN6O2/c30-24-6-1-5-23-21(24)7-9-29(23)13-25-22(16-39-29)26(36-10-2-4-20(15-36)33-18-32)35-27(34-25)38-17-28-8-3-11-37(28)14-19(31)12-28/h1,5-6,19-20,33H,2-4,7-17H2/t19?,20?,28-,29?/m0/s1. The first-order chi connectivity index (χ1) is 19.0. The Hall–Kier alpha value is -2.67. The average molecular weight is 553 g/mol. The van der Waals surface area contributed by atoms with Gasteiger partial charge in [-0.1, -0.05) is 23.7 Å². The predicted octanol–water partition coefficient (Wildman–Crippen LogP) is 4.04. The molecule has 0 amide bonds. The molecule has 39 heavy (non-hydrogen) atoms. The van der Waals surface area contributed by atoms with E-state index < -0.39 is 11.8 Å². The van der Waals surface area contributed by atoms with Crippen LogP contribution in [0, 0.1) is 11.5 Å². The number of fused-ring (bicyclic) bond motifs is 4. The highest BCUT2D eigenvalue weighted by Crippen LogP contribution is 2.49. The number of rotatable bonds is 5. The number of nitriles is 1.